The van der Waals surface area contributed by atoms with Gasteiger partial charge in [0, 0.05) is 5.56 Å². The van der Waals surface area contributed by atoms with Crippen LogP contribution in [0.4, 0.5) is 0 Å². The molecule has 2 aromatic rings. The summed E-state index contributed by atoms with van der Waals surface area (Å²) in [5, 5.41) is 0. The van der Waals surface area contributed by atoms with Crippen molar-refractivity contribution in [2.24, 2.45) is 0 Å². The molecular weight excluding hydrogens is 294 g/mol. The second-order valence-electron chi connectivity index (χ2n) is 6.17. The molecule has 0 saturated heterocycles. The molecule has 1 nitrogen and oxygen atoms in total. The van der Waals surface area contributed by atoms with Crippen molar-refractivity contribution in [1.29, 1.82) is 0 Å². The minimum atomic E-state index is 0. The number of aryl methyl sites for hydroxylation is 1. The molecule has 0 aromatic heterocycles. The number of carbonyl (C=O) groups excluding carboxylic acids is 1. The van der Waals surface area contributed by atoms with Gasteiger partial charge in [0.15, 0.2) is 5.52 Å². The van der Waals surface area contributed by atoms with Gasteiger partial charge in [-0.25, -0.2) is 0 Å². The Labute approximate surface area is 153 Å². The second-order valence-corrected chi connectivity index (χ2v) is 7.73. The summed E-state index contributed by atoms with van der Waals surface area (Å²) in [6.45, 7) is 2.06. The van der Waals surface area contributed by atoms with Crippen LogP contribution in [0.2, 0.25) is 0 Å². The van der Waals surface area contributed by atoms with E-state index in [2.05, 4.69) is 37.3 Å². The molecular formula is C20H24LiOP. The van der Waals surface area contributed by atoms with Crippen LogP contribution < -0.4 is 0 Å². The second kappa shape index (κ2) is 8.84. The van der Waals surface area contributed by atoms with Gasteiger partial charge in [0.05, 0.1) is 0 Å². The number of carbonyl (C=O) groups is 1. The molecule has 1 fully saturated rings. The Kier molecular flexibility index (Phi) is 7.10. The molecule has 0 bridgehead atoms. The Morgan fingerprint density at radius 1 is 0.957 bits per heavy atom. The van der Waals surface area contributed by atoms with E-state index in [-0.39, 0.29) is 18.9 Å². The monoisotopic (exact) mass is 318 g/mol. The third-order valence-electron chi connectivity index (χ3n) is 4.53. The fourth-order valence-electron chi connectivity index (χ4n) is 3.33. The third kappa shape index (κ3) is 4.57. The van der Waals surface area contributed by atoms with E-state index in [1.165, 1.54) is 32.1 Å². The van der Waals surface area contributed by atoms with Gasteiger partial charge in [0.1, 0.15) is 0 Å². The molecule has 1 aliphatic rings. The van der Waals surface area contributed by atoms with Crippen molar-refractivity contribution in [2.45, 2.75) is 44.7 Å². The number of benzene rings is 2. The zero-order valence-corrected chi connectivity index (χ0v) is 14.1. The molecule has 1 aliphatic carbocycles. The molecule has 0 N–H and O–H groups in total. The predicted molar refractivity (Wildman–Crippen MR) is 103 cm³/mol. The van der Waals surface area contributed by atoms with Crippen LogP contribution in [-0.4, -0.2) is 30.0 Å². The van der Waals surface area contributed by atoms with Gasteiger partial charge < -0.3 is 0 Å². The molecule has 0 aliphatic heterocycles. The van der Waals surface area contributed by atoms with Crippen LogP contribution in [0, 0.1) is 6.92 Å². The summed E-state index contributed by atoms with van der Waals surface area (Å²) < 4.78 is 0. The van der Waals surface area contributed by atoms with Crippen LogP contribution in [0.15, 0.2) is 48.5 Å². The molecule has 0 radical (unpaired) electrons. The first-order valence-electron chi connectivity index (χ1n) is 8.21. The molecule has 1 saturated carbocycles. The molecule has 0 heterocycles. The summed E-state index contributed by atoms with van der Waals surface area (Å²) in [6, 6.07) is 16.5. The Balaban J connectivity index is 0.00000192. The summed E-state index contributed by atoms with van der Waals surface area (Å²) in [6.07, 6.45) is 6.40. The van der Waals surface area contributed by atoms with E-state index >= 15 is 0 Å². The average molecular weight is 318 g/mol. The van der Waals surface area contributed by atoms with Crippen molar-refractivity contribution >= 4 is 33.0 Å². The Hall–Kier alpha value is -0.863. The Morgan fingerprint density at radius 2 is 1.65 bits per heavy atom. The van der Waals surface area contributed by atoms with E-state index < -0.39 is 0 Å². The van der Waals surface area contributed by atoms with Crippen molar-refractivity contribution in [2.75, 3.05) is 0 Å². The Bertz CT molecular complexity index is 648. The van der Waals surface area contributed by atoms with E-state index in [0.717, 1.165) is 22.3 Å². The molecule has 116 valence electrons. The third-order valence-corrected chi connectivity index (χ3v) is 6.02. The predicted octanol–water partition coefficient (Wildman–Crippen LogP) is 5.16. The van der Waals surface area contributed by atoms with Crippen molar-refractivity contribution < 1.29 is 4.79 Å². The van der Waals surface area contributed by atoms with Crippen LogP contribution in [0.1, 0.15) is 48.0 Å². The van der Waals surface area contributed by atoms with E-state index in [1.54, 1.807) is 0 Å². The molecule has 1 atom stereocenters. The quantitative estimate of drug-likeness (QED) is 0.562. The van der Waals surface area contributed by atoms with E-state index in [1.807, 2.05) is 18.2 Å². The number of hydrogen-bond donors (Lipinski definition) is 0. The number of rotatable bonds is 4. The molecule has 23 heavy (non-hydrogen) atoms. The standard InChI is InChI=1S/C20H23OP.Li.H/c1-15-9-8-14-18(16-10-4-2-5-11-16)19(15)20(21)22-17-12-6-3-7-13-17;;/h2,4-5,8-11,14,17,22H,3,6-7,12-13H2,1H3;;. The molecule has 0 spiro atoms. The van der Waals surface area contributed by atoms with Crippen LogP contribution in [0.3, 0.4) is 0 Å². The van der Waals surface area contributed by atoms with E-state index in [9.17, 15) is 4.79 Å². The van der Waals surface area contributed by atoms with Gasteiger partial charge in [0.25, 0.3) is 0 Å². The van der Waals surface area contributed by atoms with Gasteiger partial charge in [-0.05, 0) is 50.7 Å². The van der Waals surface area contributed by atoms with Crippen LogP contribution in [0.25, 0.3) is 11.1 Å². The van der Waals surface area contributed by atoms with Gasteiger partial charge in [-0.15, -0.1) is 0 Å². The summed E-state index contributed by atoms with van der Waals surface area (Å²) in [4.78, 5) is 12.9. The van der Waals surface area contributed by atoms with Gasteiger partial charge in [-0.3, -0.25) is 4.79 Å². The maximum atomic E-state index is 12.9. The molecule has 2 aromatic carbocycles. The normalized spacial score (nSPS) is 15.5. The topological polar surface area (TPSA) is 17.1 Å². The summed E-state index contributed by atoms with van der Waals surface area (Å²) in [5.41, 5.74) is 5.25. The summed E-state index contributed by atoms with van der Waals surface area (Å²) >= 11 is 0. The molecule has 0 amide bonds. The van der Waals surface area contributed by atoms with Crippen molar-refractivity contribution in [3.8, 4) is 11.1 Å². The minimum absolute atomic E-state index is 0. The molecule has 3 rings (SSSR count). The first kappa shape index (κ1) is 18.5. The van der Waals surface area contributed by atoms with Gasteiger partial charge >= 0.3 is 18.9 Å². The number of hydrogen-bond acceptors (Lipinski definition) is 1. The van der Waals surface area contributed by atoms with Crippen LogP contribution >= 0.6 is 8.58 Å². The average Bonchev–Trinajstić information content (AvgIpc) is 2.56. The van der Waals surface area contributed by atoms with Crippen LogP contribution in [0.5, 0.6) is 0 Å². The van der Waals surface area contributed by atoms with E-state index in [0.29, 0.717) is 19.8 Å². The first-order valence-corrected chi connectivity index (χ1v) is 9.29. The van der Waals surface area contributed by atoms with E-state index in [4.69, 9.17) is 0 Å². The zero-order chi connectivity index (χ0) is 15.4. The molecule has 3 heteroatoms. The van der Waals surface area contributed by atoms with Crippen molar-refractivity contribution in [3.63, 3.8) is 0 Å². The van der Waals surface area contributed by atoms with Gasteiger partial charge in [0.2, 0.25) is 0 Å². The van der Waals surface area contributed by atoms with Gasteiger partial charge in [-0.2, -0.15) is 0 Å². The SMILES string of the molecule is Cc1cccc(-c2ccccc2)c1C(=O)PC1CCCCC1.[LiH]. The summed E-state index contributed by atoms with van der Waals surface area (Å²) in [5.74, 6) is 0. The maximum absolute atomic E-state index is 12.9. The Morgan fingerprint density at radius 3 is 2.35 bits per heavy atom. The zero-order valence-electron chi connectivity index (χ0n) is 13.1. The van der Waals surface area contributed by atoms with Crippen molar-refractivity contribution in [1.82, 2.24) is 0 Å². The summed E-state index contributed by atoms with van der Waals surface area (Å²) in [7, 11) is 0.431. The fraction of sp³-hybridized carbons (Fsp3) is 0.350. The fourth-order valence-corrected chi connectivity index (χ4v) is 4.88. The van der Waals surface area contributed by atoms with Gasteiger partial charge in [-0.1, -0.05) is 67.8 Å². The molecule has 1 unspecified atom stereocenters. The first-order chi connectivity index (χ1) is 10.8. The van der Waals surface area contributed by atoms with Crippen molar-refractivity contribution in [3.05, 3.63) is 59.7 Å². The van der Waals surface area contributed by atoms with Crippen LogP contribution in [-0.2, 0) is 0 Å².